The molecule has 0 saturated heterocycles. The Balaban J connectivity index is 2.40. The van der Waals surface area contributed by atoms with E-state index in [1.54, 1.807) is 0 Å². The number of rotatable bonds is 5. The summed E-state index contributed by atoms with van der Waals surface area (Å²) in [6.45, 7) is 2.20. The Kier molecular flexibility index (Phi) is 6.08. The summed E-state index contributed by atoms with van der Waals surface area (Å²) in [4.78, 5) is 0. The molecule has 0 heterocycles. The molecule has 0 radical (unpaired) electrons. The Labute approximate surface area is 96.7 Å². The van der Waals surface area contributed by atoms with Gasteiger partial charge < -0.3 is 12.9 Å². The summed E-state index contributed by atoms with van der Waals surface area (Å²) in [5.74, 6) is 0. The average Bonchev–Trinajstić information content (AvgIpc) is 2.19. The topological polar surface area (TPSA) is 0 Å². The van der Waals surface area contributed by atoms with Gasteiger partial charge in [0.15, 0.2) is 0 Å². The molecule has 1 aromatic carbocycles. The lowest BCUT2D eigenvalue weighted by Crippen LogP contribution is -1.87. The summed E-state index contributed by atoms with van der Waals surface area (Å²) >= 11 is 3.68. The number of hydrogen-bond acceptors (Lipinski definition) is 0. The van der Waals surface area contributed by atoms with Crippen molar-refractivity contribution in [1.82, 2.24) is 0 Å². The van der Waals surface area contributed by atoms with Crippen LogP contribution in [0.2, 0.25) is 4.55 Å². The molecule has 0 aliphatic carbocycles. The van der Waals surface area contributed by atoms with E-state index in [0.717, 1.165) is 6.42 Å². The molecule has 0 aliphatic heterocycles. The zero-order valence-corrected chi connectivity index (χ0v) is 11.2. The van der Waals surface area contributed by atoms with Gasteiger partial charge in [-0.1, -0.05) is 37.6 Å². The third-order valence-corrected chi connectivity index (χ3v) is 4.73. The van der Waals surface area contributed by atoms with Crippen molar-refractivity contribution in [1.29, 1.82) is 0 Å². The lowest BCUT2D eigenvalue weighted by Gasteiger charge is -2.01. The first kappa shape index (κ1) is 11.5. The van der Waals surface area contributed by atoms with Crippen LogP contribution in [0.1, 0.15) is 24.5 Å². The summed E-state index contributed by atoms with van der Waals surface area (Å²) < 4.78 is 1.41. The van der Waals surface area contributed by atoms with Gasteiger partial charge in [0.2, 0.25) is 0 Å². The largest absolute Gasteiger partial charge is 0.468 e. The lowest BCUT2D eigenvalue weighted by atomic mass is 10.1. The van der Waals surface area contributed by atoms with E-state index < -0.39 is 0 Å². The van der Waals surface area contributed by atoms with Crippen LogP contribution in [0.25, 0.3) is 0 Å². The van der Waals surface area contributed by atoms with Gasteiger partial charge >= 0.3 is 18.2 Å². The molecule has 0 N–H and O–H groups in total. The monoisotopic (exact) mass is 250 g/mol. The highest BCUT2D eigenvalue weighted by molar-refractivity contribution is 9.23. The number of benzene rings is 1. The fraction of sp³-hybridized carbons (Fsp3) is 0.455. The molecule has 0 unspecified atom stereocenters. The van der Waals surface area contributed by atoms with Gasteiger partial charge in [-0.3, -0.25) is 0 Å². The van der Waals surface area contributed by atoms with Gasteiger partial charge in [0.1, 0.15) is 0 Å². The normalized spacial score (nSPS) is 9.69. The van der Waals surface area contributed by atoms with Gasteiger partial charge in [-0.25, -0.2) is 0 Å². The van der Waals surface area contributed by atoms with Crippen molar-refractivity contribution in [2.45, 2.75) is 30.7 Å². The molecule has 0 bridgehead atoms. The predicted octanol–water partition coefficient (Wildman–Crippen LogP) is 3.61. The Hall–Kier alpha value is 0.466. The fourth-order valence-corrected chi connectivity index (χ4v) is 2.99. The number of aryl methyl sites for hydroxylation is 2. The summed E-state index contributed by atoms with van der Waals surface area (Å²) in [6.07, 6.45) is 3.75. The van der Waals surface area contributed by atoms with Crippen molar-refractivity contribution in [3.63, 3.8) is 0 Å². The Bertz CT molecular complexity index is 230. The van der Waals surface area contributed by atoms with Crippen LogP contribution in [0.15, 0.2) is 24.3 Å². The van der Waals surface area contributed by atoms with Crippen molar-refractivity contribution in [2.75, 3.05) is 0 Å². The van der Waals surface area contributed by atoms with Crippen molar-refractivity contribution < 1.29 is 0 Å². The van der Waals surface area contributed by atoms with Crippen LogP contribution in [0, 0.1) is 0 Å². The van der Waals surface area contributed by atoms with Gasteiger partial charge in [0.05, 0.1) is 0 Å². The van der Waals surface area contributed by atoms with Gasteiger partial charge in [-0.2, -0.15) is 0 Å². The molecule has 0 saturated carbocycles. The Morgan fingerprint density at radius 2 is 1.77 bits per heavy atom. The fourth-order valence-electron chi connectivity index (χ4n) is 1.37. The third-order valence-electron chi connectivity index (χ3n) is 2.28. The Morgan fingerprint density at radius 3 is 2.31 bits per heavy atom. The van der Waals surface area contributed by atoms with Crippen LogP contribution < -0.4 is 0 Å². The SMILES string of the molecule is CCc1ccc(CC[CH2][Mg][Br])cc1. The molecule has 0 aromatic heterocycles. The molecule has 13 heavy (non-hydrogen) atoms. The smallest absolute Gasteiger partial charge is 0.307 e. The minimum Gasteiger partial charge on any atom is -0.307 e. The van der Waals surface area contributed by atoms with Crippen LogP contribution in [-0.4, -0.2) is 18.2 Å². The van der Waals surface area contributed by atoms with Crippen LogP contribution in [0.3, 0.4) is 0 Å². The minimum atomic E-state index is 0.0984. The van der Waals surface area contributed by atoms with E-state index >= 15 is 0 Å². The van der Waals surface area contributed by atoms with Crippen molar-refractivity contribution in [3.8, 4) is 0 Å². The maximum Gasteiger partial charge on any atom is 0.468 e. The number of halogens is 1. The predicted molar refractivity (Wildman–Crippen MR) is 63.6 cm³/mol. The van der Waals surface area contributed by atoms with Crippen LogP contribution in [0.5, 0.6) is 0 Å². The van der Waals surface area contributed by atoms with Gasteiger partial charge in [-0.15, -0.1) is 4.55 Å². The molecule has 1 rings (SSSR count). The van der Waals surface area contributed by atoms with Gasteiger partial charge in [0.25, 0.3) is 0 Å². The molecule has 0 amide bonds. The lowest BCUT2D eigenvalue weighted by molar-refractivity contribution is 0.916. The second-order valence-electron chi connectivity index (χ2n) is 3.32. The highest BCUT2D eigenvalue weighted by Gasteiger charge is 1.94. The zero-order valence-electron chi connectivity index (χ0n) is 8.22. The molecule has 2 heteroatoms. The molecule has 0 nitrogen and oxygen atoms in total. The summed E-state index contributed by atoms with van der Waals surface area (Å²) in [5, 5.41) is 0. The van der Waals surface area contributed by atoms with E-state index in [1.807, 2.05) is 0 Å². The first-order chi connectivity index (χ1) is 6.36. The molecule has 1 aromatic rings. The molecule has 68 valence electrons. The van der Waals surface area contributed by atoms with E-state index in [0.29, 0.717) is 0 Å². The maximum absolute atomic E-state index is 3.58. The second-order valence-corrected chi connectivity index (χ2v) is 6.78. The van der Waals surface area contributed by atoms with Crippen molar-refractivity contribution >= 4 is 31.1 Å². The summed E-state index contributed by atoms with van der Waals surface area (Å²) in [6, 6.07) is 9.05. The minimum absolute atomic E-state index is 0.0984. The van der Waals surface area contributed by atoms with Gasteiger partial charge in [0, 0.05) is 0 Å². The van der Waals surface area contributed by atoms with E-state index in [4.69, 9.17) is 0 Å². The van der Waals surface area contributed by atoms with E-state index in [1.165, 1.54) is 28.5 Å². The first-order valence-corrected chi connectivity index (χ1v) is 9.90. The van der Waals surface area contributed by atoms with Crippen LogP contribution >= 0.6 is 12.9 Å². The zero-order chi connectivity index (χ0) is 9.52. The molecular formula is C11H15BrMg. The van der Waals surface area contributed by atoms with Gasteiger partial charge in [-0.05, 0) is 24.0 Å². The maximum atomic E-state index is 3.58. The van der Waals surface area contributed by atoms with Crippen LogP contribution in [0.4, 0.5) is 0 Å². The highest BCUT2D eigenvalue weighted by Crippen LogP contribution is 2.08. The van der Waals surface area contributed by atoms with E-state index in [-0.39, 0.29) is 18.2 Å². The third kappa shape index (κ3) is 4.48. The van der Waals surface area contributed by atoms with Crippen LogP contribution in [-0.2, 0) is 12.8 Å². The van der Waals surface area contributed by atoms with E-state index in [9.17, 15) is 0 Å². The van der Waals surface area contributed by atoms with Crippen molar-refractivity contribution in [2.24, 2.45) is 0 Å². The summed E-state index contributed by atoms with van der Waals surface area (Å²) in [7, 11) is 0. The average molecular weight is 251 g/mol. The Morgan fingerprint density at radius 1 is 1.15 bits per heavy atom. The second kappa shape index (κ2) is 6.85. The van der Waals surface area contributed by atoms with E-state index in [2.05, 4.69) is 44.1 Å². The summed E-state index contributed by atoms with van der Waals surface area (Å²) in [5.41, 5.74) is 2.94. The quantitative estimate of drug-likeness (QED) is 0.554. The molecular weight excluding hydrogens is 236 g/mol. The first-order valence-electron chi connectivity index (χ1n) is 5.00. The molecule has 0 fully saturated rings. The standard InChI is InChI=1S/C11H15.BrH.Mg/c1-3-5-11-8-6-10(4-2)7-9-11;;/h6-9H,1,3-5H2,2H3;1H;/q;;+1/p-1. The highest BCUT2D eigenvalue weighted by atomic mass is 79.9. The molecule has 0 atom stereocenters. The molecule has 0 spiro atoms. The molecule has 0 aliphatic rings. The number of hydrogen-bond donors (Lipinski definition) is 0. The van der Waals surface area contributed by atoms with Crippen molar-refractivity contribution in [3.05, 3.63) is 35.4 Å².